The third-order valence-corrected chi connectivity index (χ3v) is 8.37. The van der Waals surface area contributed by atoms with Crippen molar-refractivity contribution < 1.29 is 20.0 Å². The van der Waals surface area contributed by atoms with Gasteiger partial charge < -0.3 is 0 Å². The van der Waals surface area contributed by atoms with Gasteiger partial charge in [0.25, 0.3) is 0 Å². The van der Waals surface area contributed by atoms with E-state index in [0.29, 0.717) is 0 Å². The van der Waals surface area contributed by atoms with Gasteiger partial charge in [0, 0.05) is 5.41 Å². The van der Waals surface area contributed by atoms with E-state index in [1.165, 1.54) is 44.5 Å². The molecule has 0 saturated carbocycles. The van der Waals surface area contributed by atoms with Crippen molar-refractivity contribution in [1.82, 2.24) is 0 Å². The van der Waals surface area contributed by atoms with Gasteiger partial charge in [0.1, 0.15) is 0 Å². The maximum absolute atomic E-state index is 3.80. The molecular formula is C44H45Cl2Ti-3. The summed E-state index contributed by atoms with van der Waals surface area (Å²) in [5, 5.41) is 0. The van der Waals surface area contributed by atoms with Crippen molar-refractivity contribution in [3.8, 4) is 11.1 Å². The minimum absolute atomic E-state index is 0. The summed E-state index contributed by atoms with van der Waals surface area (Å²) < 4.78 is 2.00. The van der Waals surface area contributed by atoms with Crippen LogP contribution in [0.5, 0.6) is 0 Å². The molecule has 0 aliphatic heterocycles. The number of halogens is 2. The van der Waals surface area contributed by atoms with Crippen LogP contribution in [0, 0.1) is 18.2 Å². The summed E-state index contributed by atoms with van der Waals surface area (Å²) in [6, 6.07) is 49.5. The van der Waals surface area contributed by atoms with Gasteiger partial charge in [0.05, 0.1) is 0 Å². The molecule has 242 valence electrons. The zero-order chi connectivity index (χ0) is 32.1. The van der Waals surface area contributed by atoms with E-state index in [1.807, 2.05) is 73.7 Å². The molecule has 0 amide bonds. The minimum Gasteiger partial charge on any atom is -0.273 e. The van der Waals surface area contributed by atoms with Gasteiger partial charge in [-0.05, 0) is 34.1 Å². The largest absolute Gasteiger partial charge is 0.273 e. The van der Waals surface area contributed by atoms with Gasteiger partial charge in [-0.2, -0.15) is 66.2 Å². The number of rotatable bonds is 4. The van der Waals surface area contributed by atoms with Crippen LogP contribution < -0.4 is 0 Å². The number of hydrogen-bond donors (Lipinski definition) is 0. The average molecular weight is 693 g/mol. The molecule has 0 heterocycles. The Hall–Kier alpha value is -3.26. The van der Waals surface area contributed by atoms with Crippen molar-refractivity contribution >= 4 is 29.1 Å². The Balaban J connectivity index is 0.000000400. The second-order valence-electron chi connectivity index (χ2n) is 12.2. The van der Waals surface area contributed by atoms with Crippen molar-refractivity contribution in [2.45, 2.75) is 58.3 Å². The number of hydrogen-bond acceptors (Lipinski definition) is 0. The molecule has 0 aromatic heterocycles. The van der Waals surface area contributed by atoms with Crippen LogP contribution in [0.15, 0.2) is 140 Å². The molecule has 0 fully saturated rings. The molecule has 0 N–H and O–H groups in total. The van der Waals surface area contributed by atoms with E-state index < -0.39 is 0 Å². The molecule has 2 aliphatic rings. The van der Waals surface area contributed by atoms with E-state index in [9.17, 15) is 0 Å². The molecule has 0 nitrogen and oxygen atoms in total. The maximum atomic E-state index is 3.80. The molecule has 47 heavy (non-hydrogen) atoms. The Labute approximate surface area is 307 Å². The van der Waals surface area contributed by atoms with Crippen molar-refractivity contribution in [1.29, 1.82) is 0 Å². The fourth-order valence-electron chi connectivity index (χ4n) is 5.59. The molecule has 0 spiro atoms. The standard InChI is InChI=1S/C31H29.C6H5.C5H5.C2H4.2ClH.Ti/c1-30(2,24-11-7-5-8-12-24)26-15-17-28-22(20-26)19-23-21-27(16-18-29(23)28)31(3,4)25-13-9-6-10-14-25;1-2-4-6-5-3-1;1-2-4-5-3-1;1-2;;;/h5-18,20H,19H2,1-4H3;1-5H;1-3H,4H2;1H,2H3;2*1H;/q3*-1;;;;. The monoisotopic (exact) mass is 691 g/mol. The van der Waals surface area contributed by atoms with Gasteiger partial charge in [-0.25, -0.2) is 12.2 Å². The van der Waals surface area contributed by atoms with E-state index in [4.69, 9.17) is 0 Å². The van der Waals surface area contributed by atoms with Gasteiger partial charge in [-0.3, -0.25) is 6.08 Å². The molecule has 0 radical (unpaired) electrons. The Bertz CT molecular complexity index is 1570. The van der Waals surface area contributed by atoms with Crippen molar-refractivity contribution in [2.75, 3.05) is 0 Å². The molecular weight excluding hydrogens is 647 g/mol. The van der Waals surface area contributed by atoms with Gasteiger partial charge in [0.15, 0.2) is 0 Å². The predicted octanol–water partition coefficient (Wildman–Crippen LogP) is 11.7. The summed E-state index contributed by atoms with van der Waals surface area (Å²) in [5.41, 5.74) is 10.7. The van der Waals surface area contributed by atoms with Gasteiger partial charge in [-0.15, -0.1) is 42.4 Å². The second-order valence-corrected chi connectivity index (χ2v) is 13.1. The van der Waals surface area contributed by atoms with Gasteiger partial charge in [0.2, 0.25) is 0 Å². The summed E-state index contributed by atoms with van der Waals surface area (Å²) in [6.45, 7) is 11.2. The topological polar surface area (TPSA) is 0 Å². The first-order chi connectivity index (χ1) is 21.8. The molecule has 2 aliphatic carbocycles. The Morgan fingerprint density at radius 3 is 1.68 bits per heavy atom. The molecule has 5 aromatic carbocycles. The van der Waals surface area contributed by atoms with E-state index in [0.717, 1.165) is 12.8 Å². The predicted molar refractivity (Wildman–Crippen MR) is 204 cm³/mol. The quantitative estimate of drug-likeness (QED) is 0.127. The van der Waals surface area contributed by atoms with E-state index >= 15 is 0 Å². The zero-order valence-electron chi connectivity index (χ0n) is 28.1. The number of fused-ring (bicyclic) bond motifs is 3. The molecule has 0 bridgehead atoms. The van der Waals surface area contributed by atoms with E-state index in [2.05, 4.69) is 143 Å². The SMILES string of the molecule is CC(C)(c1[c-]c2c(cc1)-c1ccc(C(C)(C)c3ccccc3)cc1C2)c1ccccc1.C[CH]=[Ti].Cl.Cl.[C-]1=CC=CC1.[c-]1ccccc1. The Morgan fingerprint density at radius 1 is 0.660 bits per heavy atom. The van der Waals surface area contributed by atoms with Crippen LogP contribution in [0.2, 0.25) is 0 Å². The summed E-state index contributed by atoms with van der Waals surface area (Å²) in [4.78, 5) is 0. The van der Waals surface area contributed by atoms with Gasteiger partial charge >= 0.3 is 31.2 Å². The second kappa shape index (κ2) is 19.5. The van der Waals surface area contributed by atoms with Crippen LogP contribution in [0.1, 0.15) is 74.4 Å². The maximum Gasteiger partial charge on any atom is -0.109 e. The van der Waals surface area contributed by atoms with Gasteiger partial charge in [-0.1, -0.05) is 112 Å². The average Bonchev–Trinajstić information content (AvgIpc) is 3.79. The third kappa shape index (κ3) is 10.6. The van der Waals surface area contributed by atoms with Crippen molar-refractivity contribution in [3.63, 3.8) is 0 Å². The zero-order valence-corrected chi connectivity index (χ0v) is 31.3. The fourth-order valence-corrected chi connectivity index (χ4v) is 5.59. The summed E-state index contributed by atoms with van der Waals surface area (Å²) in [5.74, 6) is 0. The Kier molecular flexibility index (Phi) is 16.6. The van der Waals surface area contributed by atoms with Crippen LogP contribution in [-0.4, -0.2) is 4.31 Å². The van der Waals surface area contributed by atoms with Crippen LogP contribution in [0.25, 0.3) is 11.1 Å². The Morgan fingerprint density at radius 2 is 1.21 bits per heavy atom. The summed E-state index contributed by atoms with van der Waals surface area (Å²) in [7, 11) is 0. The first-order valence-electron chi connectivity index (χ1n) is 15.7. The van der Waals surface area contributed by atoms with Crippen LogP contribution in [0.4, 0.5) is 0 Å². The summed E-state index contributed by atoms with van der Waals surface area (Å²) in [6.07, 6.45) is 11.0. The number of allylic oxidation sites excluding steroid dienone is 4. The first kappa shape index (κ1) is 39.9. The van der Waals surface area contributed by atoms with Crippen LogP contribution in [-0.2, 0) is 37.2 Å². The minimum atomic E-state index is -0.0640. The third-order valence-electron chi connectivity index (χ3n) is 8.37. The van der Waals surface area contributed by atoms with Crippen molar-refractivity contribution in [2.24, 2.45) is 0 Å². The normalized spacial score (nSPS) is 11.7. The van der Waals surface area contributed by atoms with E-state index in [1.54, 1.807) is 0 Å². The molecule has 0 atom stereocenters. The molecule has 3 heteroatoms. The first-order valence-corrected chi connectivity index (χ1v) is 16.6. The van der Waals surface area contributed by atoms with Crippen molar-refractivity contribution in [3.05, 3.63) is 191 Å². The van der Waals surface area contributed by atoms with E-state index in [-0.39, 0.29) is 35.6 Å². The van der Waals surface area contributed by atoms with Crippen LogP contribution >= 0.6 is 24.8 Å². The molecule has 0 unspecified atom stereocenters. The molecule has 7 rings (SSSR count). The fraction of sp³-hybridized carbons (Fsp3) is 0.205. The molecule has 5 aromatic rings. The summed E-state index contributed by atoms with van der Waals surface area (Å²) >= 11 is 2.00. The van der Waals surface area contributed by atoms with Crippen LogP contribution in [0.3, 0.4) is 0 Å². The smallest absolute Gasteiger partial charge is 0.109 e. The number of benzene rings is 5. The molecule has 0 saturated heterocycles.